The van der Waals surface area contributed by atoms with E-state index in [2.05, 4.69) is 14.9 Å². The van der Waals surface area contributed by atoms with E-state index in [9.17, 15) is 13.2 Å². The topological polar surface area (TPSA) is 89.0 Å². The molecule has 10 heteroatoms. The normalized spacial score (nSPS) is 11.5. The lowest BCUT2D eigenvalue weighted by molar-refractivity contribution is 0.0954. The molecule has 1 amide bonds. The summed E-state index contributed by atoms with van der Waals surface area (Å²) < 4.78 is 26.1. The van der Waals surface area contributed by atoms with Crippen LogP contribution in [0.1, 0.15) is 27.2 Å². The number of amides is 1. The Labute approximate surface area is 128 Å². The van der Waals surface area contributed by atoms with Gasteiger partial charge < -0.3 is 5.32 Å². The van der Waals surface area contributed by atoms with E-state index in [1.165, 1.54) is 6.07 Å². The van der Waals surface area contributed by atoms with Crippen LogP contribution in [0, 0.1) is 0 Å². The quantitative estimate of drug-likeness (QED) is 0.832. The van der Waals surface area contributed by atoms with Crippen molar-refractivity contribution in [1.82, 2.24) is 14.9 Å². The Balaban J connectivity index is 2.02. The van der Waals surface area contributed by atoms with Gasteiger partial charge in [0.2, 0.25) is 0 Å². The fraction of sp³-hybridized carbons (Fsp3) is 0.300. The zero-order valence-electron chi connectivity index (χ0n) is 10.3. The van der Waals surface area contributed by atoms with E-state index in [0.29, 0.717) is 21.9 Å². The largest absolute Gasteiger partial charge is 0.346 e. The maximum absolute atomic E-state index is 11.9. The third kappa shape index (κ3) is 3.54. The van der Waals surface area contributed by atoms with Gasteiger partial charge in [0, 0.05) is 15.6 Å². The maximum atomic E-state index is 11.9. The number of nitrogens with one attached hydrogen (secondary N) is 1. The van der Waals surface area contributed by atoms with Gasteiger partial charge in [-0.1, -0.05) is 11.4 Å². The highest BCUT2D eigenvalue weighted by Crippen LogP contribution is 2.24. The Morgan fingerprint density at radius 3 is 2.80 bits per heavy atom. The molecule has 0 saturated heterocycles. The number of rotatable bonds is 5. The lowest BCUT2D eigenvalue weighted by Crippen LogP contribution is -2.22. The summed E-state index contributed by atoms with van der Waals surface area (Å²) in [4.78, 5) is 13.1. The zero-order valence-corrected chi connectivity index (χ0v) is 13.5. The van der Waals surface area contributed by atoms with Crippen LogP contribution in [0.2, 0.25) is 0 Å². The summed E-state index contributed by atoms with van der Waals surface area (Å²) in [5.41, 5.74) is 0.655. The van der Waals surface area contributed by atoms with Crippen molar-refractivity contribution in [3.05, 3.63) is 27.6 Å². The first kappa shape index (κ1) is 15.4. The van der Waals surface area contributed by atoms with Crippen molar-refractivity contribution in [2.24, 2.45) is 0 Å². The minimum atomic E-state index is -3.71. The molecule has 2 aromatic heterocycles. The van der Waals surface area contributed by atoms with Crippen LogP contribution in [-0.4, -0.2) is 23.9 Å². The van der Waals surface area contributed by atoms with Crippen molar-refractivity contribution in [1.29, 1.82) is 0 Å². The molecule has 2 heterocycles. The van der Waals surface area contributed by atoms with Crippen LogP contribution < -0.4 is 5.32 Å². The van der Waals surface area contributed by atoms with Crippen LogP contribution in [0.4, 0.5) is 0 Å². The molecule has 0 fully saturated rings. The smallest absolute Gasteiger partial charge is 0.270 e. The number of nitrogens with zero attached hydrogens (tertiary/aromatic N) is 2. The van der Waals surface area contributed by atoms with E-state index in [1.807, 2.05) is 6.92 Å². The van der Waals surface area contributed by atoms with E-state index in [1.54, 1.807) is 6.07 Å². The first-order chi connectivity index (χ1) is 9.41. The van der Waals surface area contributed by atoms with Gasteiger partial charge in [0.05, 0.1) is 12.2 Å². The summed E-state index contributed by atoms with van der Waals surface area (Å²) in [5.74, 6) is -0.263. The van der Waals surface area contributed by atoms with Gasteiger partial charge >= 0.3 is 0 Å². The van der Waals surface area contributed by atoms with Crippen LogP contribution >= 0.6 is 33.6 Å². The summed E-state index contributed by atoms with van der Waals surface area (Å²) in [6.45, 7) is 2.13. The van der Waals surface area contributed by atoms with Gasteiger partial charge in [-0.15, -0.1) is 16.4 Å². The van der Waals surface area contributed by atoms with E-state index >= 15 is 0 Å². The van der Waals surface area contributed by atoms with E-state index in [4.69, 9.17) is 10.7 Å². The van der Waals surface area contributed by atoms with Gasteiger partial charge in [-0.3, -0.25) is 4.79 Å². The second-order valence-electron chi connectivity index (χ2n) is 3.74. The molecule has 2 rings (SSSR count). The first-order valence-electron chi connectivity index (χ1n) is 5.54. The summed E-state index contributed by atoms with van der Waals surface area (Å²) in [6.07, 6.45) is 0.632. The number of thiophene rings is 1. The highest BCUT2D eigenvalue weighted by atomic mass is 35.7. The molecular formula is C10H10ClN3O3S3. The van der Waals surface area contributed by atoms with E-state index in [0.717, 1.165) is 22.9 Å². The minimum absolute atomic E-state index is 0.0668. The monoisotopic (exact) mass is 351 g/mol. The Kier molecular flexibility index (Phi) is 4.74. The van der Waals surface area contributed by atoms with Crippen LogP contribution in [0.25, 0.3) is 0 Å². The number of aromatic nitrogens is 2. The van der Waals surface area contributed by atoms with E-state index in [-0.39, 0.29) is 16.7 Å². The summed E-state index contributed by atoms with van der Waals surface area (Å²) in [6, 6.07) is 3.03. The number of hydrogen-bond donors (Lipinski definition) is 1. The van der Waals surface area contributed by atoms with Gasteiger partial charge in [-0.2, -0.15) is 0 Å². The molecule has 0 atom stereocenters. The summed E-state index contributed by atoms with van der Waals surface area (Å²) >= 11 is 2.07. The highest BCUT2D eigenvalue weighted by molar-refractivity contribution is 8.15. The van der Waals surface area contributed by atoms with Gasteiger partial charge in [0.25, 0.3) is 15.0 Å². The van der Waals surface area contributed by atoms with Crippen molar-refractivity contribution in [2.45, 2.75) is 24.1 Å². The van der Waals surface area contributed by atoms with Gasteiger partial charge in [-0.05, 0) is 30.1 Å². The summed E-state index contributed by atoms with van der Waals surface area (Å²) in [5, 5.41) is 6.57. The molecule has 0 spiro atoms. The lowest BCUT2D eigenvalue weighted by Gasteiger charge is -2.01. The molecule has 0 bridgehead atoms. The van der Waals surface area contributed by atoms with Gasteiger partial charge in [0.15, 0.2) is 0 Å². The molecule has 108 valence electrons. The van der Waals surface area contributed by atoms with Crippen molar-refractivity contribution >= 4 is 48.5 Å². The van der Waals surface area contributed by atoms with Crippen molar-refractivity contribution in [3.63, 3.8) is 0 Å². The number of halogens is 1. The molecular weight excluding hydrogens is 342 g/mol. The average Bonchev–Trinajstić information content (AvgIpc) is 3.03. The first-order valence-corrected chi connectivity index (χ1v) is 9.44. The van der Waals surface area contributed by atoms with E-state index < -0.39 is 9.05 Å². The Hall–Kier alpha value is -1.03. The standard InChI is InChI=1S/C10H10ClN3O3S3/c1-2-7-9(19-14-13-7)10(15)12-5-6-3-4-8(18-6)20(11,16)17/h3-4H,2,5H2,1H3,(H,12,15). The molecule has 0 unspecified atom stereocenters. The van der Waals surface area contributed by atoms with Crippen molar-refractivity contribution in [3.8, 4) is 0 Å². The fourth-order valence-corrected chi connectivity index (χ4v) is 4.17. The Bertz CT molecular complexity index is 723. The molecule has 0 aliphatic heterocycles. The molecule has 0 aromatic carbocycles. The fourth-order valence-electron chi connectivity index (χ4n) is 1.44. The van der Waals surface area contributed by atoms with Crippen LogP contribution in [-0.2, 0) is 22.0 Å². The molecule has 20 heavy (non-hydrogen) atoms. The molecule has 0 aliphatic rings. The Morgan fingerprint density at radius 2 is 2.20 bits per heavy atom. The minimum Gasteiger partial charge on any atom is -0.346 e. The third-order valence-corrected chi connectivity index (χ3v) is 6.34. The zero-order chi connectivity index (χ0) is 14.8. The van der Waals surface area contributed by atoms with Crippen molar-refractivity contribution < 1.29 is 13.2 Å². The molecule has 0 radical (unpaired) electrons. The highest BCUT2D eigenvalue weighted by Gasteiger charge is 2.16. The van der Waals surface area contributed by atoms with Crippen LogP contribution in [0.3, 0.4) is 0 Å². The molecule has 6 nitrogen and oxygen atoms in total. The average molecular weight is 352 g/mol. The molecule has 1 N–H and O–H groups in total. The summed E-state index contributed by atoms with van der Waals surface area (Å²) in [7, 11) is 1.52. The molecule has 0 aliphatic carbocycles. The second-order valence-corrected chi connectivity index (χ2v) is 8.46. The SMILES string of the molecule is CCc1nnsc1C(=O)NCc1ccc(S(=O)(=O)Cl)s1. The lowest BCUT2D eigenvalue weighted by atomic mass is 10.3. The number of carbonyl (C=O) groups is 1. The Morgan fingerprint density at radius 1 is 1.45 bits per heavy atom. The maximum Gasteiger partial charge on any atom is 0.270 e. The number of hydrogen-bond acceptors (Lipinski definition) is 7. The second kappa shape index (κ2) is 6.17. The number of aryl methyl sites for hydroxylation is 1. The third-order valence-electron chi connectivity index (χ3n) is 2.40. The van der Waals surface area contributed by atoms with Crippen LogP contribution in [0.15, 0.2) is 16.3 Å². The van der Waals surface area contributed by atoms with Crippen LogP contribution in [0.5, 0.6) is 0 Å². The predicted octanol–water partition coefficient (Wildman–Crippen LogP) is 2.02. The number of carbonyl (C=O) groups excluding carboxylic acids is 1. The molecule has 0 saturated carbocycles. The van der Waals surface area contributed by atoms with Gasteiger partial charge in [-0.25, -0.2) is 8.42 Å². The molecule has 2 aromatic rings. The van der Waals surface area contributed by atoms with Gasteiger partial charge in [0.1, 0.15) is 9.09 Å². The van der Waals surface area contributed by atoms with Crippen molar-refractivity contribution in [2.75, 3.05) is 0 Å². The predicted molar refractivity (Wildman–Crippen MR) is 77.8 cm³/mol.